The predicted octanol–water partition coefficient (Wildman–Crippen LogP) is 3.77. The molecule has 0 bridgehead atoms. The van der Waals surface area contributed by atoms with Gasteiger partial charge in [-0.25, -0.2) is 4.79 Å². The van der Waals surface area contributed by atoms with Crippen molar-refractivity contribution in [3.8, 4) is 5.75 Å². The average molecular weight is 399 g/mol. The zero-order chi connectivity index (χ0) is 17.7. The van der Waals surface area contributed by atoms with E-state index in [1.165, 1.54) is 0 Å². The zero-order valence-electron chi connectivity index (χ0n) is 14.9. The second-order valence-electron chi connectivity index (χ2n) is 7.13. The number of carbonyl (C=O) groups is 1. The van der Waals surface area contributed by atoms with Crippen LogP contribution in [0.5, 0.6) is 5.75 Å². The number of hydrogen-bond donors (Lipinski definition) is 0. The van der Waals surface area contributed by atoms with Gasteiger partial charge in [0.1, 0.15) is 17.5 Å². The number of rotatable bonds is 4. The molecule has 1 aliphatic heterocycles. The summed E-state index contributed by atoms with van der Waals surface area (Å²) in [4.78, 5) is 16.2. The maximum Gasteiger partial charge on any atom is 0.410 e. The molecule has 0 aliphatic carbocycles. The number of nitrogens with zero attached hydrogens (tertiary/aromatic N) is 2. The van der Waals surface area contributed by atoms with Gasteiger partial charge >= 0.3 is 6.09 Å². The fraction of sp³-hybridized carbons (Fsp3) is 0.611. The van der Waals surface area contributed by atoms with Crippen LogP contribution >= 0.6 is 15.9 Å². The van der Waals surface area contributed by atoms with Gasteiger partial charge in [-0.3, -0.25) is 4.90 Å². The van der Waals surface area contributed by atoms with Crippen molar-refractivity contribution < 1.29 is 14.3 Å². The van der Waals surface area contributed by atoms with Crippen LogP contribution in [0.3, 0.4) is 0 Å². The van der Waals surface area contributed by atoms with Crippen LogP contribution in [0.4, 0.5) is 4.79 Å². The maximum absolute atomic E-state index is 12.1. The summed E-state index contributed by atoms with van der Waals surface area (Å²) in [6.45, 7) is 11.6. The Labute approximate surface area is 153 Å². The molecule has 6 heteroatoms. The van der Waals surface area contributed by atoms with E-state index in [2.05, 4.69) is 27.8 Å². The molecule has 0 radical (unpaired) electrons. The SMILES string of the molecule is CC(CN1CCN(C(=O)OC(C)(C)C)CC1)Oc1ccccc1Br. The van der Waals surface area contributed by atoms with Crippen molar-refractivity contribution in [1.29, 1.82) is 0 Å². The van der Waals surface area contributed by atoms with Crippen molar-refractivity contribution in [2.45, 2.75) is 39.4 Å². The molecular weight excluding hydrogens is 372 g/mol. The summed E-state index contributed by atoms with van der Waals surface area (Å²) in [6, 6.07) is 7.87. The summed E-state index contributed by atoms with van der Waals surface area (Å²) in [5, 5.41) is 0. The highest BCUT2D eigenvalue weighted by Crippen LogP contribution is 2.25. The third-order valence-corrected chi connectivity index (χ3v) is 4.36. The summed E-state index contributed by atoms with van der Waals surface area (Å²) in [5.41, 5.74) is -0.445. The van der Waals surface area contributed by atoms with E-state index < -0.39 is 5.60 Å². The van der Waals surface area contributed by atoms with Crippen LogP contribution in [0.15, 0.2) is 28.7 Å². The van der Waals surface area contributed by atoms with Crippen LogP contribution < -0.4 is 4.74 Å². The van der Waals surface area contributed by atoms with Crippen LogP contribution in [-0.2, 0) is 4.74 Å². The predicted molar refractivity (Wildman–Crippen MR) is 98.5 cm³/mol. The Balaban J connectivity index is 1.76. The van der Waals surface area contributed by atoms with Gasteiger partial charge in [-0.05, 0) is 55.8 Å². The Morgan fingerprint density at radius 3 is 2.42 bits per heavy atom. The van der Waals surface area contributed by atoms with Crippen molar-refractivity contribution in [2.24, 2.45) is 0 Å². The topological polar surface area (TPSA) is 42.0 Å². The van der Waals surface area contributed by atoms with Gasteiger partial charge in [-0.1, -0.05) is 12.1 Å². The van der Waals surface area contributed by atoms with Crippen LogP contribution in [-0.4, -0.2) is 60.3 Å². The number of para-hydroxylation sites is 1. The first-order chi connectivity index (χ1) is 11.2. The average Bonchev–Trinajstić information content (AvgIpc) is 2.48. The summed E-state index contributed by atoms with van der Waals surface area (Å²) < 4.78 is 12.4. The molecule has 0 saturated carbocycles. The van der Waals surface area contributed by atoms with Crippen molar-refractivity contribution in [3.05, 3.63) is 28.7 Å². The molecule has 1 aromatic rings. The normalized spacial score (nSPS) is 17.5. The molecule has 5 nitrogen and oxygen atoms in total. The standard InChI is InChI=1S/C18H27BrN2O3/c1-14(23-16-8-6-5-7-15(16)19)13-20-9-11-21(12-10-20)17(22)24-18(2,3)4/h5-8,14H,9-13H2,1-4H3. The highest BCUT2D eigenvalue weighted by molar-refractivity contribution is 9.10. The van der Waals surface area contributed by atoms with Gasteiger partial charge in [0, 0.05) is 32.7 Å². The Bertz CT molecular complexity index is 551. The summed E-state index contributed by atoms with van der Waals surface area (Å²) in [5.74, 6) is 0.859. The third-order valence-electron chi connectivity index (χ3n) is 3.70. The van der Waals surface area contributed by atoms with E-state index in [9.17, 15) is 4.79 Å². The van der Waals surface area contributed by atoms with E-state index in [1.807, 2.05) is 45.0 Å². The lowest BCUT2D eigenvalue weighted by Crippen LogP contribution is -2.51. The minimum Gasteiger partial charge on any atom is -0.488 e. The Hall–Kier alpha value is -1.27. The van der Waals surface area contributed by atoms with Crippen molar-refractivity contribution >= 4 is 22.0 Å². The van der Waals surface area contributed by atoms with Crippen molar-refractivity contribution in [1.82, 2.24) is 9.80 Å². The lowest BCUT2D eigenvalue weighted by Gasteiger charge is -2.36. The number of ether oxygens (including phenoxy) is 2. The van der Waals surface area contributed by atoms with Gasteiger partial charge in [0.2, 0.25) is 0 Å². The van der Waals surface area contributed by atoms with Crippen LogP contribution in [0, 0.1) is 0 Å². The summed E-state index contributed by atoms with van der Waals surface area (Å²) in [7, 11) is 0. The summed E-state index contributed by atoms with van der Waals surface area (Å²) >= 11 is 3.50. The van der Waals surface area contributed by atoms with E-state index in [1.54, 1.807) is 4.90 Å². The Kier molecular flexibility index (Phi) is 6.52. The molecule has 24 heavy (non-hydrogen) atoms. The van der Waals surface area contributed by atoms with E-state index >= 15 is 0 Å². The molecule has 0 aromatic heterocycles. The molecule has 1 unspecified atom stereocenters. The lowest BCUT2D eigenvalue weighted by molar-refractivity contribution is 0.0118. The summed E-state index contributed by atoms with van der Waals surface area (Å²) in [6.07, 6.45) is -0.142. The fourth-order valence-corrected chi connectivity index (χ4v) is 2.98. The van der Waals surface area contributed by atoms with E-state index in [4.69, 9.17) is 9.47 Å². The second-order valence-corrected chi connectivity index (χ2v) is 7.98. The molecule has 0 N–H and O–H groups in total. The monoisotopic (exact) mass is 398 g/mol. The van der Waals surface area contributed by atoms with Crippen LogP contribution in [0.2, 0.25) is 0 Å². The molecule has 0 spiro atoms. The van der Waals surface area contributed by atoms with Gasteiger partial charge in [-0.2, -0.15) is 0 Å². The molecule has 134 valence electrons. The van der Waals surface area contributed by atoms with Gasteiger partial charge in [0.15, 0.2) is 0 Å². The van der Waals surface area contributed by atoms with Crippen molar-refractivity contribution in [2.75, 3.05) is 32.7 Å². The zero-order valence-corrected chi connectivity index (χ0v) is 16.5. The number of carbonyl (C=O) groups excluding carboxylic acids is 1. The molecular formula is C18H27BrN2O3. The van der Waals surface area contributed by atoms with E-state index in [0.717, 1.165) is 29.9 Å². The number of piperazine rings is 1. The van der Waals surface area contributed by atoms with Gasteiger partial charge in [-0.15, -0.1) is 0 Å². The van der Waals surface area contributed by atoms with Crippen molar-refractivity contribution in [3.63, 3.8) is 0 Å². The quantitative estimate of drug-likeness (QED) is 0.773. The molecule has 1 heterocycles. The maximum atomic E-state index is 12.1. The molecule has 1 aliphatic rings. The molecule has 1 saturated heterocycles. The molecule has 1 amide bonds. The van der Waals surface area contributed by atoms with Crippen LogP contribution in [0.25, 0.3) is 0 Å². The van der Waals surface area contributed by atoms with Gasteiger partial charge in [0.25, 0.3) is 0 Å². The molecule has 2 rings (SSSR count). The molecule has 1 fully saturated rings. The number of halogens is 1. The fourth-order valence-electron chi connectivity index (χ4n) is 2.60. The van der Waals surface area contributed by atoms with Gasteiger partial charge in [0.05, 0.1) is 4.47 Å². The number of benzene rings is 1. The highest BCUT2D eigenvalue weighted by Gasteiger charge is 2.26. The minimum absolute atomic E-state index is 0.0803. The third kappa shape index (κ3) is 5.98. The Morgan fingerprint density at radius 2 is 1.83 bits per heavy atom. The number of amides is 1. The lowest BCUT2D eigenvalue weighted by atomic mass is 10.2. The second kappa shape index (κ2) is 8.21. The minimum atomic E-state index is -0.445. The van der Waals surface area contributed by atoms with E-state index in [-0.39, 0.29) is 12.2 Å². The molecule has 1 atom stereocenters. The van der Waals surface area contributed by atoms with Gasteiger partial charge < -0.3 is 14.4 Å². The molecule has 1 aromatic carbocycles. The largest absolute Gasteiger partial charge is 0.488 e. The van der Waals surface area contributed by atoms with E-state index in [0.29, 0.717) is 13.1 Å². The Morgan fingerprint density at radius 1 is 1.21 bits per heavy atom. The highest BCUT2D eigenvalue weighted by atomic mass is 79.9. The van der Waals surface area contributed by atoms with Crippen LogP contribution in [0.1, 0.15) is 27.7 Å². The first-order valence-corrected chi connectivity index (χ1v) is 9.15. The smallest absolute Gasteiger partial charge is 0.410 e. The first kappa shape index (κ1) is 19.1. The number of hydrogen-bond acceptors (Lipinski definition) is 4. The first-order valence-electron chi connectivity index (χ1n) is 8.36.